The first-order valence-corrected chi connectivity index (χ1v) is 8.06. The molecular weight excluding hydrogens is 321 g/mol. The molecule has 0 atom stereocenters. The number of sulfonamides is 1. The van der Waals surface area contributed by atoms with E-state index in [1.54, 1.807) is 12.1 Å². The van der Waals surface area contributed by atoms with Gasteiger partial charge in [-0.2, -0.15) is 0 Å². The van der Waals surface area contributed by atoms with Gasteiger partial charge in [-0.05, 0) is 48.9 Å². The second-order valence-electron chi connectivity index (χ2n) is 4.82. The van der Waals surface area contributed by atoms with Gasteiger partial charge in [-0.15, -0.1) is 0 Å². The summed E-state index contributed by atoms with van der Waals surface area (Å²) in [6.45, 7) is 1.82. The molecule has 0 bridgehead atoms. The van der Waals surface area contributed by atoms with Crippen molar-refractivity contribution in [3.05, 3.63) is 65.5 Å². The summed E-state index contributed by atoms with van der Waals surface area (Å²) in [4.78, 5) is 10.6. The van der Waals surface area contributed by atoms with Gasteiger partial charge < -0.3 is 5.11 Å². The highest BCUT2D eigenvalue weighted by Gasteiger charge is 2.16. The molecule has 0 spiro atoms. The van der Waals surface area contributed by atoms with Crippen LogP contribution in [0.1, 0.15) is 11.1 Å². The molecule has 0 amide bonds. The minimum Gasteiger partial charge on any atom is -0.478 e. The van der Waals surface area contributed by atoms with Gasteiger partial charge in [-0.1, -0.05) is 17.7 Å². The van der Waals surface area contributed by atoms with Gasteiger partial charge in [0.05, 0.1) is 10.6 Å². The molecule has 2 N–H and O–H groups in total. The van der Waals surface area contributed by atoms with Gasteiger partial charge >= 0.3 is 5.97 Å². The first-order chi connectivity index (χ1) is 10.8. The topological polar surface area (TPSA) is 83.5 Å². The van der Waals surface area contributed by atoms with Gasteiger partial charge in [-0.3, -0.25) is 4.72 Å². The lowest BCUT2D eigenvalue weighted by atomic mass is 10.1. The molecule has 0 fully saturated rings. The van der Waals surface area contributed by atoms with E-state index in [-0.39, 0.29) is 16.1 Å². The number of aliphatic carboxylic acids is 1. The fraction of sp³-hybridized carbons (Fsp3) is 0.0625. The van der Waals surface area contributed by atoms with Crippen LogP contribution in [-0.4, -0.2) is 19.5 Å². The Labute approximate surface area is 133 Å². The van der Waals surface area contributed by atoms with E-state index >= 15 is 0 Å². The number of anilines is 1. The molecule has 0 aliphatic rings. The van der Waals surface area contributed by atoms with Crippen molar-refractivity contribution in [2.45, 2.75) is 11.8 Å². The van der Waals surface area contributed by atoms with Crippen molar-refractivity contribution in [1.82, 2.24) is 0 Å². The van der Waals surface area contributed by atoms with E-state index in [2.05, 4.69) is 4.72 Å². The van der Waals surface area contributed by atoms with Crippen LogP contribution in [0.5, 0.6) is 0 Å². The Hall–Kier alpha value is -2.67. The molecule has 120 valence electrons. The summed E-state index contributed by atoms with van der Waals surface area (Å²) < 4.78 is 40.4. The van der Waals surface area contributed by atoms with Gasteiger partial charge in [0.25, 0.3) is 10.0 Å². The first kappa shape index (κ1) is 16.7. The smallest absolute Gasteiger partial charge is 0.328 e. The largest absolute Gasteiger partial charge is 0.478 e. The molecule has 23 heavy (non-hydrogen) atoms. The molecule has 0 aromatic heterocycles. The van der Waals surface area contributed by atoms with Gasteiger partial charge in [0.1, 0.15) is 5.82 Å². The SMILES string of the molecule is Cc1ccc(S(=O)(=O)Nc2cc(F)ccc2C=CC(=O)O)cc1. The molecule has 0 unspecified atom stereocenters. The van der Waals surface area contributed by atoms with Crippen LogP contribution in [0.25, 0.3) is 6.08 Å². The lowest BCUT2D eigenvalue weighted by molar-refractivity contribution is -0.131. The summed E-state index contributed by atoms with van der Waals surface area (Å²) in [6, 6.07) is 9.56. The molecule has 0 radical (unpaired) electrons. The Morgan fingerprint density at radius 1 is 1.17 bits per heavy atom. The molecule has 7 heteroatoms. The molecular formula is C16H14FNO4S. The van der Waals surface area contributed by atoms with E-state index in [1.165, 1.54) is 24.3 Å². The van der Waals surface area contributed by atoms with Crippen LogP contribution in [0.15, 0.2) is 53.4 Å². The lowest BCUT2D eigenvalue weighted by Gasteiger charge is -2.11. The predicted molar refractivity (Wildman–Crippen MR) is 85.1 cm³/mol. The van der Waals surface area contributed by atoms with E-state index in [0.29, 0.717) is 0 Å². The number of carboxylic acid groups (broad SMARTS) is 1. The highest BCUT2D eigenvalue weighted by atomic mass is 32.2. The third-order valence-electron chi connectivity index (χ3n) is 3.00. The van der Waals surface area contributed by atoms with E-state index in [9.17, 15) is 17.6 Å². The maximum absolute atomic E-state index is 13.4. The van der Waals surface area contributed by atoms with Crippen molar-refractivity contribution in [2.24, 2.45) is 0 Å². The van der Waals surface area contributed by atoms with Crippen LogP contribution in [0.2, 0.25) is 0 Å². The summed E-state index contributed by atoms with van der Waals surface area (Å²) in [5.41, 5.74) is 1.10. The third kappa shape index (κ3) is 4.40. The van der Waals surface area contributed by atoms with Crippen LogP contribution in [0.3, 0.4) is 0 Å². The maximum atomic E-state index is 13.4. The number of carbonyl (C=O) groups is 1. The monoisotopic (exact) mass is 335 g/mol. The van der Waals surface area contributed by atoms with Crippen LogP contribution < -0.4 is 4.72 Å². The summed E-state index contributed by atoms with van der Waals surface area (Å²) >= 11 is 0. The molecule has 5 nitrogen and oxygen atoms in total. The lowest BCUT2D eigenvalue weighted by Crippen LogP contribution is -2.14. The Morgan fingerprint density at radius 3 is 2.43 bits per heavy atom. The Morgan fingerprint density at radius 2 is 1.83 bits per heavy atom. The average molecular weight is 335 g/mol. The normalized spacial score (nSPS) is 11.6. The van der Waals surface area contributed by atoms with Crippen molar-refractivity contribution in [3.8, 4) is 0 Å². The maximum Gasteiger partial charge on any atom is 0.328 e. The quantitative estimate of drug-likeness (QED) is 0.823. The van der Waals surface area contributed by atoms with Crippen molar-refractivity contribution in [2.75, 3.05) is 4.72 Å². The standard InChI is InChI=1S/C16H14FNO4S/c1-11-2-7-14(8-3-11)23(21,22)18-15-10-13(17)6-4-12(15)5-9-16(19)20/h2-10,18H,1H3,(H,19,20). The number of hydrogen-bond acceptors (Lipinski definition) is 3. The van der Waals surface area contributed by atoms with Gasteiger partial charge in [0.2, 0.25) is 0 Å². The van der Waals surface area contributed by atoms with Gasteiger partial charge in [0, 0.05) is 6.08 Å². The Kier molecular flexibility index (Phi) is 4.80. The highest BCUT2D eigenvalue weighted by Crippen LogP contribution is 2.23. The third-order valence-corrected chi connectivity index (χ3v) is 4.38. The minimum absolute atomic E-state index is 0.0283. The van der Waals surface area contributed by atoms with Gasteiger partial charge in [-0.25, -0.2) is 17.6 Å². The molecule has 2 rings (SSSR count). The van der Waals surface area contributed by atoms with Crippen LogP contribution in [0, 0.1) is 12.7 Å². The summed E-state index contributed by atoms with van der Waals surface area (Å²) in [7, 11) is -3.91. The predicted octanol–water partition coefficient (Wildman–Crippen LogP) is 3.03. The zero-order valence-electron chi connectivity index (χ0n) is 12.2. The van der Waals surface area contributed by atoms with E-state index in [1.807, 2.05) is 6.92 Å². The molecule has 0 heterocycles. The number of carboxylic acids is 1. The van der Waals surface area contributed by atoms with E-state index in [0.717, 1.165) is 23.8 Å². The van der Waals surface area contributed by atoms with Crippen LogP contribution in [-0.2, 0) is 14.8 Å². The van der Waals surface area contributed by atoms with Crippen LogP contribution in [0.4, 0.5) is 10.1 Å². The summed E-state index contributed by atoms with van der Waals surface area (Å²) in [5.74, 6) is -1.83. The Balaban J connectivity index is 2.40. The second kappa shape index (κ2) is 6.62. The zero-order chi connectivity index (χ0) is 17.0. The minimum atomic E-state index is -3.91. The molecule has 2 aromatic rings. The van der Waals surface area contributed by atoms with Crippen molar-refractivity contribution in [3.63, 3.8) is 0 Å². The van der Waals surface area contributed by atoms with E-state index in [4.69, 9.17) is 5.11 Å². The number of aryl methyl sites for hydroxylation is 1. The molecule has 2 aromatic carbocycles. The van der Waals surface area contributed by atoms with Crippen molar-refractivity contribution < 1.29 is 22.7 Å². The average Bonchev–Trinajstić information content (AvgIpc) is 2.46. The summed E-state index contributed by atoms with van der Waals surface area (Å²) in [5, 5.41) is 8.66. The molecule has 0 saturated heterocycles. The number of halogens is 1. The Bertz CT molecular complexity index is 858. The number of nitrogens with one attached hydrogen (secondary N) is 1. The molecule has 0 aliphatic carbocycles. The number of hydrogen-bond donors (Lipinski definition) is 2. The second-order valence-corrected chi connectivity index (χ2v) is 6.50. The van der Waals surface area contributed by atoms with Gasteiger partial charge in [0.15, 0.2) is 0 Å². The molecule has 0 aliphatic heterocycles. The fourth-order valence-corrected chi connectivity index (χ4v) is 2.92. The summed E-state index contributed by atoms with van der Waals surface area (Å²) in [6.07, 6.45) is 2.03. The van der Waals surface area contributed by atoms with Crippen LogP contribution >= 0.6 is 0 Å². The first-order valence-electron chi connectivity index (χ1n) is 6.58. The highest BCUT2D eigenvalue weighted by molar-refractivity contribution is 7.92. The zero-order valence-corrected chi connectivity index (χ0v) is 13.0. The fourth-order valence-electron chi connectivity index (χ4n) is 1.84. The molecule has 0 saturated carbocycles. The van der Waals surface area contributed by atoms with Crippen molar-refractivity contribution >= 4 is 27.8 Å². The van der Waals surface area contributed by atoms with Crippen molar-refractivity contribution in [1.29, 1.82) is 0 Å². The van der Waals surface area contributed by atoms with E-state index < -0.39 is 21.8 Å². The number of benzene rings is 2. The number of rotatable bonds is 5.